The Bertz CT molecular complexity index is 732. The van der Waals surface area contributed by atoms with E-state index in [1.54, 1.807) is 12.1 Å². The molecule has 0 bridgehead atoms. The van der Waals surface area contributed by atoms with Crippen molar-refractivity contribution in [1.29, 1.82) is 0 Å². The number of halogens is 1. The Morgan fingerprint density at radius 1 is 1.35 bits per heavy atom. The quantitative estimate of drug-likeness (QED) is 0.875. The van der Waals surface area contributed by atoms with Crippen molar-refractivity contribution in [3.63, 3.8) is 0 Å². The number of H-pyrrole nitrogens is 1. The minimum absolute atomic E-state index is 0.0766. The molecule has 0 aliphatic carbocycles. The Morgan fingerprint density at radius 2 is 2.05 bits per heavy atom. The van der Waals surface area contributed by atoms with E-state index in [2.05, 4.69) is 9.97 Å². The Labute approximate surface area is 120 Å². The molecule has 2 heterocycles. The molecule has 0 fully saturated rings. The van der Waals surface area contributed by atoms with Crippen molar-refractivity contribution in [2.45, 2.75) is 19.8 Å². The van der Waals surface area contributed by atoms with Gasteiger partial charge in [0.15, 0.2) is 0 Å². The zero-order valence-corrected chi connectivity index (χ0v) is 12.1. The molecule has 0 radical (unpaired) electrons. The van der Waals surface area contributed by atoms with Gasteiger partial charge in [-0.25, -0.2) is 14.3 Å². The van der Waals surface area contributed by atoms with Gasteiger partial charge in [-0.15, -0.1) is 0 Å². The van der Waals surface area contributed by atoms with Crippen molar-refractivity contribution < 1.29 is 4.74 Å². The molecular formula is C13H14ClN3O3. The molecule has 7 heteroatoms. The number of nitrogens with one attached hydrogen (secondary N) is 1. The van der Waals surface area contributed by atoms with Crippen LogP contribution < -0.4 is 16.0 Å². The van der Waals surface area contributed by atoms with Gasteiger partial charge in [0, 0.05) is 6.07 Å². The Kier molecular flexibility index (Phi) is 3.94. The largest absolute Gasteiger partial charge is 0.481 e. The van der Waals surface area contributed by atoms with E-state index in [1.807, 2.05) is 13.8 Å². The van der Waals surface area contributed by atoms with Gasteiger partial charge in [-0.2, -0.15) is 0 Å². The summed E-state index contributed by atoms with van der Waals surface area (Å²) in [6, 6.07) is 3.16. The zero-order chi connectivity index (χ0) is 14.9. The summed E-state index contributed by atoms with van der Waals surface area (Å²) in [5.74, 6) is 0.292. The maximum absolute atomic E-state index is 12.4. The van der Waals surface area contributed by atoms with Gasteiger partial charge in [0.1, 0.15) is 5.15 Å². The summed E-state index contributed by atoms with van der Waals surface area (Å²) in [7, 11) is 1.49. The van der Waals surface area contributed by atoms with Crippen molar-refractivity contribution in [1.82, 2.24) is 14.5 Å². The molecule has 0 atom stereocenters. The van der Waals surface area contributed by atoms with E-state index < -0.39 is 11.2 Å². The fourth-order valence-corrected chi connectivity index (χ4v) is 2.26. The van der Waals surface area contributed by atoms with Gasteiger partial charge in [-0.1, -0.05) is 25.4 Å². The van der Waals surface area contributed by atoms with E-state index in [1.165, 1.54) is 13.3 Å². The highest BCUT2D eigenvalue weighted by Gasteiger charge is 2.16. The summed E-state index contributed by atoms with van der Waals surface area (Å²) < 4.78 is 5.95. The van der Waals surface area contributed by atoms with Crippen molar-refractivity contribution in [3.8, 4) is 11.6 Å². The molecule has 0 amide bonds. The Hall–Kier alpha value is -2.08. The lowest BCUT2D eigenvalue weighted by molar-refractivity contribution is 0.397. The van der Waals surface area contributed by atoms with Crippen LogP contribution in [0.2, 0.25) is 5.15 Å². The maximum Gasteiger partial charge on any atom is 0.334 e. The predicted molar refractivity (Wildman–Crippen MR) is 76.1 cm³/mol. The van der Waals surface area contributed by atoms with Crippen LogP contribution in [-0.2, 0) is 0 Å². The third-order valence-corrected chi connectivity index (χ3v) is 3.15. The van der Waals surface area contributed by atoms with Crippen LogP contribution in [0.15, 0.2) is 27.9 Å². The first-order valence-corrected chi connectivity index (χ1v) is 6.38. The number of ether oxygens (including phenoxy) is 1. The number of aromatic nitrogens is 3. The first kappa shape index (κ1) is 14.3. The van der Waals surface area contributed by atoms with Crippen LogP contribution in [0.1, 0.15) is 25.3 Å². The highest BCUT2D eigenvalue weighted by atomic mass is 35.5. The first-order chi connectivity index (χ1) is 9.45. The van der Waals surface area contributed by atoms with E-state index in [9.17, 15) is 9.59 Å². The molecule has 0 spiro atoms. The van der Waals surface area contributed by atoms with Gasteiger partial charge < -0.3 is 4.74 Å². The molecular weight excluding hydrogens is 282 g/mol. The van der Waals surface area contributed by atoms with Gasteiger partial charge in [-0.3, -0.25) is 9.78 Å². The van der Waals surface area contributed by atoms with Crippen molar-refractivity contribution in [2.24, 2.45) is 0 Å². The third kappa shape index (κ3) is 2.46. The molecule has 0 saturated carbocycles. The van der Waals surface area contributed by atoms with Gasteiger partial charge in [-0.05, 0) is 12.0 Å². The standard InChI is InChI=1S/C13H14ClN3O3/c1-7(2)10-11(14)16-13(19)17(12(10)18)8-4-5-9(20-3)15-6-8/h4-7H,1-3H3,(H,16,19). The molecule has 6 nitrogen and oxygen atoms in total. The molecule has 106 valence electrons. The monoisotopic (exact) mass is 295 g/mol. The maximum atomic E-state index is 12.4. The SMILES string of the molecule is COc1ccc(-n2c(=O)[nH]c(Cl)c(C(C)C)c2=O)cn1. The van der Waals surface area contributed by atoms with Crippen LogP contribution in [-0.4, -0.2) is 21.6 Å². The van der Waals surface area contributed by atoms with E-state index in [-0.39, 0.29) is 11.1 Å². The molecule has 1 N–H and O–H groups in total. The summed E-state index contributed by atoms with van der Waals surface area (Å²) >= 11 is 5.93. The molecule has 20 heavy (non-hydrogen) atoms. The fourth-order valence-electron chi connectivity index (χ4n) is 1.88. The van der Waals surface area contributed by atoms with Crippen LogP contribution in [0.5, 0.6) is 5.88 Å². The lowest BCUT2D eigenvalue weighted by atomic mass is 10.1. The fraction of sp³-hybridized carbons (Fsp3) is 0.308. The second-order valence-electron chi connectivity index (χ2n) is 4.51. The van der Waals surface area contributed by atoms with Crippen molar-refractivity contribution >= 4 is 11.6 Å². The molecule has 0 aliphatic heterocycles. The highest BCUT2D eigenvalue weighted by molar-refractivity contribution is 6.30. The highest BCUT2D eigenvalue weighted by Crippen LogP contribution is 2.17. The van der Waals surface area contributed by atoms with Gasteiger partial charge in [0.25, 0.3) is 5.56 Å². The normalized spacial score (nSPS) is 10.8. The van der Waals surface area contributed by atoms with E-state index in [0.29, 0.717) is 17.1 Å². The van der Waals surface area contributed by atoms with Gasteiger partial charge >= 0.3 is 5.69 Å². The number of hydrogen-bond acceptors (Lipinski definition) is 4. The number of pyridine rings is 1. The topological polar surface area (TPSA) is 77.0 Å². The number of nitrogens with zero attached hydrogens (tertiary/aromatic N) is 2. The third-order valence-electron chi connectivity index (χ3n) is 2.86. The lowest BCUT2D eigenvalue weighted by Gasteiger charge is -2.11. The molecule has 0 aromatic carbocycles. The van der Waals surface area contributed by atoms with E-state index >= 15 is 0 Å². The molecule has 0 unspecified atom stereocenters. The van der Waals surface area contributed by atoms with Crippen LogP contribution in [0, 0.1) is 0 Å². The minimum atomic E-state index is -0.601. The van der Waals surface area contributed by atoms with Gasteiger partial charge in [0.05, 0.1) is 24.6 Å². The molecule has 2 aromatic heterocycles. The summed E-state index contributed by atoms with van der Waals surface area (Å²) in [4.78, 5) is 30.8. The van der Waals surface area contributed by atoms with Crippen molar-refractivity contribution in [3.05, 3.63) is 49.9 Å². The number of hydrogen-bond donors (Lipinski definition) is 1. The lowest BCUT2D eigenvalue weighted by Crippen LogP contribution is -2.36. The average molecular weight is 296 g/mol. The summed E-state index contributed by atoms with van der Waals surface area (Å²) in [6.45, 7) is 3.66. The van der Waals surface area contributed by atoms with Crippen LogP contribution >= 0.6 is 11.6 Å². The summed E-state index contributed by atoms with van der Waals surface area (Å²) in [6.07, 6.45) is 1.40. The van der Waals surface area contributed by atoms with Crippen LogP contribution in [0.25, 0.3) is 5.69 Å². The number of rotatable bonds is 3. The zero-order valence-electron chi connectivity index (χ0n) is 11.3. The van der Waals surface area contributed by atoms with Gasteiger partial charge in [0.2, 0.25) is 5.88 Å². The molecule has 0 aliphatic rings. The Balaban J connectivity index is 2.70. The number of methoxy groups -OCH3 is 1. The van der Waals surface area contributed by atoms with E-state index in [4.69, 9.17) is 16.3 Å². The van der Waals surface area contributed by atoms with E-state index in [0.717, 1.165) is 4.57 Å². The molecule has 2 rings (SSSR count). The predicted octanol–water partition coefficient (Wildman–Crippen LogP) is 1.71. The first-order valence-electron chi connectivity index (χ1n) is 6.00. The van der Waals surface area contributed by atoms with Crippen LogP contribution in [0.4, 0.5) is 0 Å². The Morgan fingerprint density at radius 3 is 2.55 bits per heavy atom. The second-order valence-corrected chi connectivity index (χ2v) is 4.89. The minimum Gasteiger partial charge on any atom is -0.481 e. The molecule has 0 saturated heterocycles. The number of aromatic amines is 1. The van der Waals surface area contributed by atoms with Crippen LogP contribution in [0.3, 0.4) is 0 Å². The average Bonchev–Trinajstić information content (AvgIpc) is 2.38. The summed E-state index contributed by atoms with van der Waals surface area (Å²) in [5, 5.41) is 0.0766. The summed E-state index contributed by atoms with van der Waals surface area (Å²) in [5.41, 5.74) is -0.324. The molecule has 2 aromatic rings. The smallest absolute Gasteiger partial charge is 0.334 e. The van der Waals surface area contributed by atoms with Crippen molar-refractivity contribution in [2.75, 3.05) is 7.11 Å². The second kappa shape index (κ2) is 5.50.